The third-order valence-corrected chi connectivity index (χ3v) is 6.80. The molecule has 9 nitrogen and oxygen atoms in total. The van der Waals surface area contributed by atoms with Crippen LogP contribution in [-0.2, 0) is 9.53 Å². The van der Waals surface area contributed by atoms with E-state index in [1.165, 1.54) is 32.1 Å². The van der Waals surface area contributed by atoms with Crippen LogP contribution in [0.2, 0.25) is 0 Å². The van der Waals surface area contributed by atoms with Gasteiger partial charge in [0.2, 0.25) is 0 Å². The number of hydrogen-bond donors (Lipinski definition) is 2. The number of carbonyl (C=O) groups excluding carboxylic acids is 3. The fraction of sp³-hybridized carbons (Fsp3) is 0.417. The number of rotatable bonds is 7. The molecule has 1 aromatic heterocycles. The molecule has 2 heterocycles. The quantitative estimate of drug-likeness (QED) is 0.446. The number of aromatic nitrogens is 1. The highest BCUT2D eigenvalue weighted by molar-refractivity contribution is 7.99. The molecule has 0 spiro atoms. The summed E-state index contributed by atoms with van der Waals surface area (Å²) in [6, 6.07) is 7.45. The Balaban J connectivity index is 1.24. The van der Waals surface area contributed by atoms with Gasteiger partial charge in [-0.1, -0.05) is 19.3 Å². The van der Waals surface area contributed by atoms with E-state index < -0.39 is 24.5 Å². The molecule has 0 atom stereocenters. The number of nitrogens with zero attached hydrogens (tertiary/aromatic N) is 1. The van der Waals surface area contributed by atoms with Crippen LogP contribution < -0.4 is 20.1 Å². The molecule has 180 valence electrons. The second-order valence-corrected chi connectivity index (χ2v) is 9.12. The second-order valence-electron chi connectivity index (χ2n) is 8.11. The first-order valence-electron chi connectivity index (χ1n) is 11.3. The van der Waals surface area contributed by atoms with Gasteiger partial charge in [0.1, 0.15) is 18.2 Å². The molecule has 0 bridgehead atoms. The van der Waals surface area contributed by atoms with Gasteiger partial charge < -0.3 is 19.5 Å². The first-order valence-corrected chi connectivity index (χ1v) is 12.3. The molecular formula is C24H27N3O6S. The van der Waals surface area contributed by atoms with E-state index in [0.717, 1.165) is 5.75 Å². The summed E-state index contributed by atoms with van der Waals surface area (Å²) in [5, 5.41) is 5.27. The summed E-state index contributed by atoms with van der Waals surface area (Å²) in [5.41, 5.74) is 0.748. The summed E-state index contributed by atoms with van der Waals surface area (Å²) < 4.78 is 16.0. The minimum absolute atomic E-state index is 0.317. The zero-order valence-corrected chi connectivity index (χ0v) is 19.5. The van der Waals surface area contributed by atoms with Gasteiger partial charge in [-0.3, -0.25) is 10.1 Å². The maximum atomic E-state index is 12.6. The van der Waals surface area contributed by atoms with Crippen molar-refractivity contribution in [2.24, 2.45) is 5.92 Å². The standard InChI is InChI=1S/C24H27N3O6S/c28-21(27-24(30)26-17-8-9-19-20(13-17)32-12-11-31-19)14-33-23(29)18-7-4-10-25-22(18)34-15-16-5-2-1-3-6-16/h4,7-10,13,16H,1-3,5-6,11-12,14-15H2,(H2,26,27,28,30). The molecule has 1 aliphatic heterocycles. The molecule has 0 saturated heterocycles. The van der Waals surface area contributed by atoms with E-state index in [1.54, 1.807) is 48.3 Å². The van der Waals surface area contributed by atoms with Crippen molar-refractivity contribution in [1.29, 1.82) is 0 Å². The van der Waals surface area contributed by atoms with Crippen molar-refractivity contribution in [2.45, 2.75) is 37.1 Å². The molecule has 1 saturated carbocycles. The van der Waals surface area contributed by atoms with Crippen LogP contribution in [0.1, 0.15) is 42.5 Å². The van der Waals surface area contributed by atoms with Crippen molar-refractivity contribution in [1.82, 2.24) is 10.3 Å². The van der Waals surface area contributed by atoms with Gasteiger partial charge in [0, 0.05) is 23.7 Å². The SMILES string of the molecule is O=C(COC(=O)c1cccnc1SCC1CCCCC1)NC(=O)Nc1ccc2c(c1)OCCO2. The van der Waals surface area contributed by atoms with Gasteiger partial charge >= 0.3 is 12.0 Å². The Morgan fingerprint density at radius 3 is 2.68 bits per heavy atom. The van der Waals surface area contributed by atoms with Crippen LogP contribution in [0, 0.1) is 5.92 Å². The lowest BCUT2D eigenvalue weighted by molar-refractivity contribution is -0.123. The van der Waals surface area contributed by atoms with Gasteiger partial charge in [-0.05, 0) is 43.0 Å². The number of imide groups is 1. The van der Waals surface area contributed by atoms with Gasteiger partial charge in [0.25, 0.3) is 5.91 Å². The van der Waals surface area contributed by atoms with Crippen LogP contribution in [0.3, 0.4) is 0 Å². The number of carbonyl (C=O) groups is 3. The Hall–Kier alpha value is -3.27. The largest absolute Gasteiger partial charge is 0.486 e. The van der Waals surface area contributed by atoms with Crippen molar-refractivity contribution >= 4 is 35.4 Å². The van der Waals surface area contributed by atoms with Gasteiger partial charge in [-0.2, -0.15) is 0 Å². The summed E-state index contributed by atoms with van der Waals surface area (Å²) in [7, 11) is 0. The van der Waals surface area contributed by atoms with Gasteiger partial charge in [-0.25, -0.2) is 14.6 Å². The monoisotopic (exact) mass is 485 g/mol. The maximum Gasteiger partial charge on any atom is 0.341 e. The molecule has 2 aromatic rings. The highest BCUT2D eigenvalue weighted by Crippen LogP contribution is 2.33. The van der Waals surface area contributed by atoms with Crippen molar-refractivity contribution in [3.63, 3.8) is 0 Å². The van der Waals surface area contributed by atoms with E-state index in [4.69, 9.17) is 14.2 Å². The van der Waals surface area contributed by atoms with Crippen LogP contribution >= 0.6 is 11.8 Å². The number of amides is 3. The number of urea groups is 1. The molecule has 1 fully saturated rings. The average molecular weight is 486 g/mol. The number of thioether (sulfide) groups is 1. The highest BCUT2D eigenvalue weighted by atomic mass is 32.2. The van der Waals surface area contributed by atoms with E-state index in [1.807, 2.05) is 0 Å². The Bertz CT molecular complexity index is 1040. The second kappa shape index (κ2) is 11.7. The van der Waals surface area contributed by atoms with Crippen molar-refractivity contribution in [2.75, 3.05) is 30.9 Å². The first kappa shape index (κ1) is 23.9. The van der Waals surface area contributed by atoms with Crippen molar-refractivity contribution in [3.05, 3.63) is 42.1 Å². The molecule has 4 rings (SSSR count). The average Bonchev–Trinajstić information content (AvgIpc) is 2.86. The smallest absolute Gasteiger partial charge is 0.341 e. The number of pyridine rings is 1. The summed E-state index contributed by atoms with van der Waals surface area (Å²) in [6.07, 6.45) is 7.83. The van der Waals surface area contributed by atoms with E-state index in [2.05, 4.69) is 15.6 Å². The third kappa shape index (κ3) is 6.63. The minimum Gasteiger partial charge on any atom is -0.486 e. The van der Waals surface area contributed by atoms with Gasteiger partial charge in [-0.15, -0.1) is 11.8 Å². The lowest BCUT2D eigenvalue weighted by atomic mass is 9.91. The van der Waals surface area contributed by atoms with Crippen molar-refractivity contribution in [3.8, 4) is 11.5 Å². The lowest BCUT2D eigenvalue weighted by Crippen LogP contribution is -2.37. The summed E-state index contributed by atoms with van der Waals surface area (Å²) in [5.74, 6) is 1.23. The highest BCUT2D eigenvalue weighted by Gasteiger charge is 2.20. The molecule has 34 heavy (non-hydrogen) atoms. The fourth-order valence-corrected chi connectivity index (χ4v) is 5.04. The van der Waals surface area contributed by atoms with E-state index >= 15 is 0 Å². The molecular weight excluding hydrogens is 458 g/mol. The van der Waals surface area contributed by atoms with Gasteiger partial charge in [0.05, 0.1) is 5.56 Å². The van der Waals surface area contributed by atoms with E-state index in [0.29, 0.717) is 46.9 Å². The topological polar surface area (TPSA) is 116 Å². The van der Waals surface area contributed by atoms with Crippen LogP contribution in [0.15, 0.2) is 41.6 Å². The Kier molecular flexibility index (Phi) is 8.24. The van der Waals surface area contributed by atoms with Crippen LogP contribution in [0.25, 0.3) is 0 Å². The van der Waals surface area contributed by atoms with Crippen molar-refractivity contribution < 1.29 is 28.6 Å². The Labute approximate surface area is 201 Å². The normalized spacial score (nSPS) is 15.3. The first-order chi connectivity index (χ1) is 16.6. The van der Waals surface area contributed by atoms with Crippen LogP contribution in [0.5, 0.6) is 11.5 Å². The molecule has 10 heteroatoms. The minimum atomic E-state index is -0.747. The zero-order chi connectivity index (χ0) is 23.8. The summed E-state index contributed by atoms with van der Waals surface area (Å²) in [6.45, 7) is 0.298. The third-order valence-electron chi connectivity index (χ3n) is 5.56. The van der Waals surface area contributed by atoms with E-state index in [9.17, 15) is 14.4 Å². The number of esters is 1. The van der Waals surface area contributed by atoms with Crippen LogP contribution in [-0.4, -0.2) is 48.5 Å². The molecule has 1 aliphatic carbocycles. The number of hydrogen-bond acceptors (Lipinski definition) is 8. The molecule has 1 aromatic carbocycles. The Morgan fingerprint density at radius 1 is 1.06 bits per heavy atom. The van der Waals surface area contributed by atoms with Crippen LogP contribution in [0.4, 0.5) is 10.5 Å². The zero-order valence-electron chi connectivity index (χ0n) is 18.7. The van der Waals surface area contributed by atoms with Gasteiger partial charge in [0.15, 0.2) is 18.1 Å². The fourth-order valence-electron chi connectivity index (χ4n) is 3.87. The number of anilines is 1. The number of benzene rings is 1. The molecule has 2 aliphatic rings. The number of nitrogens with one attached hydrogen (secondary N) is 2. The molecule has 2 N–H and O–H groups in total. The molecule has 3 amide bonds. The molecule has 0 radical (unpaired) electrons. The molecule has 0 unspecified atom stereocenters. The lowest BCUT2D eigenvalue weighted by Gasteiger charge is -2.21. The number of ether oxygens (including phenoxy) is 3. The Morgan fingerprint density at radius 2 is 1.85 bits per heavy atom. The predicted molar refractivity (Wildman–Crippen MR) is 126 cm³/mol. The summed E-state index contributed by atoms with van der Waals surface area (Å²) in [4.78, 5) is 41.1. The summed E-state index contributed by atoms with van der Waals surface area (Å²) >= 11 is 1.54. The number of fused-ring (bicyclic) bond motifs is 1. The van der Waals surface area contributed by atoms with E-state index in [-0.39, 0.29) is 0 Å². The predicted octanol–water partition coefficient (Wildman–Crippen LogP) is 4.03. The maximum absolute atomic E-state index is 12.6.